The van der Waals surface area contributed by atoms with Crippen LogP contribution in [-0.2, 0) is 14.4 Å². The van der Waals surface area contributed by atoms with Crippen LogP contribution in [0.4, 0.5) is 13.2 Å². The van der Waals surface area contributed by atoms with Crippen LogP contribution in [0.25, 0.3) is 6.08 Å². The van der Waals surface area contributed by atoms with E-state index < -0.39 is 28.9 Å². The third-order valence-electron chi connectivity index (χ3n) is 3.28. The number of thioether (sulfide) groups is 1. The first-order valence-corrected chi connectivity index (χ1v) is 9.47. The number of rotatable bonds is 8. The molecule has 0 spiro atoms. The summed E-state index contributed by atoms with van der Waals surface area (Å²) in [5.41, 5.74) is -0.615. The molecule has 1 atom stereocenters. The number of nitrogens with zero attached hydrogens (tertiary/aromatic N) is 1. The minimum Gasteiger partial charge on any atom is -0.474 e. The van der Waals surface area contributed by atoms with Gasteiger partial charge in [0.2, 0.25) is 6.10 Å². The molecule has 1 aromatic carbocycles. The Hall–Kier alpha value is -1.85. The van der Waals surface area contributed by atoms with Gasteiger partial charge in [0.1, 0.15) is 19.0 Å². The van der Waals surface area contributed by atoms with Crippen molar-refractivity contribution in [2.24, 2.45) is 0 Å². The summed E-state index contributed by atoms with van der Waals surface area (Å²) >= 11 is 12.9. The number of carbonyl (C=O) groups excluding carboxylic acids is 1. The SMILES string of the molecule is O=C(OCCSCCO[N+](=O)[O-])C1=Cc2cc(Cl)cc(Cl)c2OC1C(F)(F)F. The molecule has 0 saturated carbocycles. The molecule has 1 aliphatic rings. The monoisotopic (exact) mass is 461 g/mol. The number of halogens is 5. The van der Waals surface area contributed by atoms with Crippen LogP contribution in [-0.4, -0.2) is 48.1 Å². The van der Waals surface area contributed by atoms with Crippen LogP contribution in [0.15, 0.2) is 17.7 Å². The maximum Gasteiger partial charge on any atom is 0.430 e. The molecule has 28 heavy (non-hydrogen) atoms. The van der Waals surface area contributed by atoms with Crippen molar-refractivity contribution < 1.29 is 37.4 Å². The molecule has 0 radical (unpaired) electrons. The van der Waals surface area contributed by atoms with Crippen molar-refractivity contribution in [1.29, 1.82) is 0 Å². The van der Waals surface area contributed by atoms with Crippen molar-refractivity contribution in [2.45, 2.75) is 12.3 Å². The van der Waals surface area contributed by atoms with Crippen LogP contribution in [0.1, 0.15) is 5.56 Å². The molecular weight excluding hydrogens is 450 g/mol. The Labute approximate surface area is 170 Å². The molecule has 0 aliphatic carbocycles. The molecule has 1 heterocycles. The highest BCUT2D eigenvalue weighted by atomic mass is 35.5. The van der Waals surface area contributed by atoms with E-state index in [1.165, 1.54) is 23.9 Å². The van der Waals surface area contributed by atoms with E-state index in [0.717, 1.165) is 6.08 Å². The lowest BCUT2D eigenvalue weighted by Crippen LogP contribution is -2.41. The summed E-state index contributed by atoms with van der Waals surface area (Å²) in [6, 6.07) is 2.54. The molecule has 0 amide bonds. The Kier molecular flexibility index (Phi) is 7.67. The number of ether oxygens (including phenoxy) is 2. The van der Waals surface area contributed by atoms with Gasteiger partial charge in [-0.25, -0.2) is 4.79 Å². The fourth-order valence-electron chi connectivity index (χ4n) is 2.19. The second kappa shape index (κ2) is 9.57. The Morgan fingerprint density at radius 3 is 2.61 bits per heavy atom. The molecule has 1 unspecified atom stereocenters. The highest BCUT2D eigenvalue weighted by Gasteiger charge is 2.49. The minimum atomic E-state index is -4.87. The predicted molar refractivity (Wildman–Crippen MR) is 96.1 cm³/mol. The van der Waals surface area contributed by atoms with E-state index in [9.17, 15) is 28.1 Å². The first-order valence-electron chi connectivity index (χ1n) is 7.55. The van der Waals surface area contributed by atoms with Gasteiger partial charge >= 0.3 is 12.1 Å². The second-order valence-corrected chi connectivity index (χ2v) is 7.32. The summed E-state index contributed by atoms with van der Waals surface area (Å²) in [4.78, 5) is 26.2. The van der Waals surface area contributed by atoms with Gasteiger partial charge in [-0.2, -0.15) is 24.9 Å². The highest BCUT2D eigenvalue weighted by Crippen LogP contribution is 2.42. The average molecular weight is 462 g/mol. The molecular formula is C15H12Cl2F3NO6S. The minimum absolute atomic E-state index is 0.117. The third kappa shape index (κ3) is 6.08. The van der Waals surface area contributed by atoms with Crippen molar-refractivity contribution in [3.05, 3.63) is 43.4 Å². The van der Waals surface area contributed by atoms with Crippen LogP contribution >= 0.6 is 35.0 Å². The average Bonchev–Trinajstić information content (AvgIpc) is 2.58. The smallest absolute Gasteiger partial charge is 0.430 e. The van der Waals surface area contributed by atoms with E-state index >= 15 is 0 Å². The van der Waals surface area contributed by atoms with Gasteiger partial charge in [-0.15, -0.1) is 10.1 Å². The van der Waals surface area contributed by atoms with Crippen LogP contribution in [0.3, 0.4) is 0 Å². The number of esters is 1. The van der Waals surface area contributed by atoms with E-state index in [1.54, 1.807) is 0 Å². The Morgan fingerprint density at radius 1 is 1.29 bits per heavy atom. The second-order valence-electron chi connectivity index (χ2n) is 5.25. The first-order chi connectivity index (χ1) is 13.1. The van der Waals surface area contributed by atoms with Gasteiger partial charge < -0.3 is 14.3 Å². The molecule has 7 nitrogen and oxygen atoms in total. The summed E-state index contributed by atoms with van der Waals surface area (Å²) in [6.07, 6.45) is -6.43. The zero-order valence-corrected chi connectivity index (χ0v) is 16.2. The zero-order chi connectivity index (χ0) is 20.9. The molecule has 1 aliphatic heterocycles. The fourth-order valence-corrected chi connectivity index (χ4v) is 3.35. The number of fused-ring (bicyclic) bond motifs is 1. The van der Waals surface area contributed by atoms with Crippen LogP contribution < -0.4 is 4.74 Å². The molecule has 1 aromatic rings. The largest absolute Gasteiger partial charge is 0.474 e. The number of hydrogen-bond acceptors (Lipinski definition) is 7. The summed E-state index contributed by atoms with van der Waals surface area (Å²) in [5.74, 6) is -0.969. The van der Waals surface area contributed by atoms with Gasteiger partial charge in [0.15, 0.2) is 0 Å². The molecule has 154 valence electrons. The number of alkyl halides is 3. The van der Waals surface area contributed by atoms with Gasteiger partial charge in [0.05, 0.1) is 10.6 Å². The standard InChI is InChI=1S/C15H12Cl2F3NO6S/c16-9-5-8-6-10(13(15(18,19)20)27-12(8)11(17)7-9)14(22)25-1-3-28-4-2-26-21(23)24/h5-7,13H,1-4H2. The Bertz CT molecular complexity index is 790. The Balaban J connectivity index is 2.04. The number of benzene rings is 1. The van der Waals surface area contributed by atoms with Gasteiger partial charge in [0.25, 0.3) is 5.09 Å². The van der Waals surface area contributed by atoms with Gasteiger partial charge in [-0.3, -0.25) is 0 Å². The number of carbonyl (C=O) groups is 1. The number of hydrogen-bond donors (Lipinski definition) is 0. The zero-order valence-electron chi connectivity index (χ0n) is 13.8. The maximum atomic E-state index is 13.3. The molecule has 0 saturated heterocycles. The summed E-state index contributed by atoms with van der Waals surface area (Å²) in [7, 11) is 0. The summed E-state index contributed by atoms with van der Waals surface area (Å²) in [6.45, 7) is -0.355. The molecule has 0 N–H and O–H groups in total. The van der Waals surface area contributed by atoms with Crippen molar-refractivity contribution in [3.8, 4) is 5.75 Å². The van der Waals surface area contributed by atoms with Crippen LogP contribution in [0, 0.1) is 10.1 Å². The van der Waals surface area contributed by atoms with Crippen molar-refractivity contribution in [2.75, 3.05) is 24.7 Å². The van der Waals surface area contributed by atoms with Crippen LogP contribution in [0.5, 0.6) is 5.75 Å². The topological polar surface area (TPSA) is 87.9 Å². The normalized spacial score (nSPS) is 15.9. The van der Waals surface area contributed by atoms with E-state index in [0.29, 0.717) is 0 Å². The van der Waals surface area contributed by atoms with E-state index in [4.69, 9.17) is 32.7 Å². The van der Waals surface area contributed by atoms with E-state index in [1.807, 2.05) is 0 Å². The van der Waals surface area contributed by atoms with Crippen LogP contribution in [0.2, 0.25) is 10.0 Å². The summed E-state index contributed by atoms with van der Waals surface area (Å²) < 4.78 is 49.8. The molecule has 13 heteroatoms. The molecule has 0 bridgehead atoms. The maximum absolute atomic E-state index is 13.3. The van der Waals surface area contributed by atoms with Crippen molar-refractivity contribution >= 4 is 47.0 Å². The van der Waals surface area contributed by atoms with Gasteiger partial charge in [-0.05, 0) is 18.2 Å². The summed E-state index contributed by atoms with van der Waals surface area (Å²) in [5, 5.41) is 9.08. The van der Waals surface area contributed by atoms with Crippen molar-refractivity contribution in [1.82, 2.24) is 0 Å². The molecule has 0 fully saturated rings. The lowest BCUT2D eigenvalue weighted by Gasteiger charge is -2.28. The Morgan fingerprint density at radius 2 is 1.96 bits per heavy atom. The fraction of sp³-hybridized carbons (Fsp3) is 0.400. The molecule has 0 aromatic heterocycles. The van der Waals surface area contributed by atoms with Gasteiger partial charge in [-0.1, -0.05) is 23.2 Å². The lowest BCUT2D eigenvalue weighted by molar-refractivity contribution is -0.756. The van der Waals surface area contributed by atoms with E-state index in [-0.39, 0.29) is 46.1 Å². The lowest BCUT2D eigenvalue weighted by atomic mass is 10.0. The molecule has 2 rings (SSSR count). The third-order valence-corrected chi connectivity index (χ3v) is 4.69. The van der Waals surface area contributed by atoms with Crippen molar-refractivity contribution in [3.63, 3.8) is 0 Å². The first kappa shape index (κ1) is 22.4. The van der Waals surface area contributed by atoms with E-state index in [2.05, 4.69) is 4.84 Å². The quantitative estimate of drug-likeness (QED) is 0.248. The highest BCUT2D eigenvalue weighted by molar-refractivity contribution is 7.99. The van der Waals surface area contributed by atoms with Gasteiger partial charge in [0, 0.05) is 22.1 Å². The predicted octanol–water partition coefficient (Wildman–Crippen LogP) is 4.18.